The van der Waals surface area contributed by atoms with Crippen LogP contribution < -0.4 is 10.1 Å². The molecule has 2 aromatic carbocycles. The van der Waals surface area contributed by atoms with Gasteiger partial charge in [0.15, 0.2) is 0 Å². The van der Waals surface area contributed by atoms with E-state index in [0.717, 1.165) is 11.3 Å². The van der Waals surface area contributed by atoms with E-state index in [9.17, 15) is 4.39 Å². The van der Waals surface area contributed by atoms with Crippen molar-refractivity contribution in [1.29, 1.82) is 0 Å². The summed E-state index contributed by atoms with van der Waals surface area (Å²) in [6, 6.07) is 9.77. The molecule has 106 valence electrons. The number of methoxy groups -OCH3 is 1. The normalized spacial score (nSPS) is 10.6. The van der Waals surface area contributed by atoms with Crippen molar-refractivity contribution < 1.29 is 9.13 Å². The molecule has 0 aliphatic rings. The van der Waals surface area contributed by atoms with Gasteiger partial charge in [-0.2, -0.15) is 0 Å². The van der Waals surface area contributed by atoms with Crippen LogP contribution in [-0.4, -0.2) is 7.11 Å². The molecule has 0 bridgehead atoms. The Morgan fingerprint density at radius 3 is 2.65 bits per heavy atom. The minimum atomic E-state index is -0.304. The van der Waals surface area contributed by atoms with Crippen molar-refractivity contribution in [2.24, 2.45) is 0 Å². The fourth-order valence-corrected chi connectivity index (χ4v) is 2.32. The van der Waals surface area contributed by atoms with E-state index in [2.05, 4.69) is 5.32 Å². The fourth-order valence-electron chi connectivity index (χ4n) is 1.90. The van der Waals surface area contributed by atoms with E-state index in [4.69, 9.17) is 27.9 Å². The zero-order chi connectivity index (χ0) is 14.5. The molecule has 0 radical (unpaired) electrons. The molecule has 0 fully saturated rings. The number of benzene rings is 2. The Kier molecular flexibility index (Phi) is 5.24. The van der Waals surface area contributed by atoms with E-state index >= 15 is 0 Å². The quantitative estimate of drug-likeness (QED) is 0.881. The van der Waals surface area contributed by atoms with E-state index in [1.165, 1.54) is 12.1 Å². The van der Waals surface area contributed by atoms with Crippen molar-refractivity contribution in [3.63, 3.8) is 0 Å². The van der Waals surface area contributed by atoms with Gasteiger partial charge in [0, 0.05) is 28.7 Å². The number of nitrogens with one attached hydrogen (secondary N) is 1. The molecule has 0 atom stereocenters. The Balaban J connectivity index is 2.05. The SMILES string of the molecule is COc1cccc(Cl)c1CNCc1cc(F)ccc1Cl. The van der Waals surface area contributed by atoms with Crippen LogP contribution >= 0.6 is 23.2 Å². The Labute approximate surface area is 127 Å². The van der Waals surface area contributed by atoms with Gasteiger partial charge >= 0.3 is 0 Å². The zero-order valence-electron chi connectivity index (χ0n) is 10.9. The highest BCUT2D eigenvalue weighted by Gasteiger charge is 2.08. The van der Waals surface area contributed by atoms with Gasteiger partial charge in [0.1, 0.15) is 11.6 Å². The molecule has 0 unspecified atom stereocenters. The van der Waals surface area contributed by atoms with Crippen molar-refractivity contribution in [2.75, 3.05) is 7.11 Å². The summed E-state index contributed by atoms with van der Waals surface area (Å²) in [5.74, 6) is 0.414. The molecular formula is C15H14Cl2FNO. The Morgan fingerprint density at radius 1 is 1.10 bits per heavy atom. The lowest BCUT2D eigenvalue weighted by molar-refractivity contribution is 0.407. The maximum Gasteiger partial charge on any atom is 0.124 e. The van der Waals surface area contributed by atoms with Crippen molar-refractivity contribution in [2.45, 2.75) is 13.1 Å². The molecule has 2 rings (SSSR count). The third-order valence-electron chi connectivity index (χ3n) is 2.92. The van der Waals surface area contributed by atoms with E-state index in [-0.39, 0.29) is 5.82 Å². The summed E-state index contributed by atoms with van der Waals surface area (Å²) >= 11 is 12.2. The molecule has 5 heteroatoms. The second kappa shape index (κ2) is 6.93. The summed E-state index contributed by atoms with van der Waals surface area (Å²) in [6.07, 6.45) is 0. The number of hydrogen-bond acceptors (Lipinski definition) is 2. The summed E-state index contributed by atoms with van der Waals surface area (Å²) in [7, 11) is 1.60. The summed E-state index contributed by atoms with van der Waals surface area (Å²) < 4.78 is 18.4. The van der Waals surface area contributed by atoms with Crippen LogP contribution in [0.4, 0.5) is 4.39 Å². The Morgan fingerprint density at radius 2 is 1.90 bits per heavy atom. The minimum absolute atomic E-state index is 0.304. The molecule has 1 N–H and O–H groups in total. The number of halogens is 3. The van der Waals surface area contributed by atoms with E-state index in [1.807, 2.05) is 12.1 Å². The van der Waals surface area contributed by atoms with Crippen LogP contribution in [-0.2, 0) is 13.1 Å². The first-order valence-corrected chi connectivity index (χ1v) is 6.83. The van der Waals surface area contributed by atoms with Crippen LogP contribution in [0, 0.1) is 5.82 Å². The lowest BCUT2D eigenvalue weighted by Crippen LogP contribution is -2.14. The number of rotatable bonds is 5. The van der Waals surface area contributed by atoms with E-state index in [0.29, 0.717) is 28.7 Å². The highest BCUT2D eigenvalue weighted by Crippen LogP contribution is 2.26. The molecule has 0 spiro atoms. The predicted molar refractivity (Wildman–Crippen MR) is 80.0 cm³/mol. The minimum Gasteiger partial charge on any atom is -0.496 e. The van der Waals surface area contributed by atoms with Gasteiger partial charge in [-0.3, -0.25) is 0 Å². The summed E-state index contributed by atoms with van der Waals surface area (Å²) in [5.41, 5.74) is 1.57. The first-order chi connectivity index (χ1) is 9.61. The Bertz CT molecular complexity index is 604. The van der Waals surface area contributed by atoms with Crippen molar-refractivity contribution in [3.05, 3.63) is 63.4 Å². The van der Waals surface area contributed by atoms with Crippen LogP contribution in [0.3, 0.4) is 0 Å². The summed E-state index contributed by atoms with van der Waals surface area (Å²) in [6.45, 7) is 0.959. The van der Waals surface area contributed by atoms with Gasteiger partial charge in [-0.25, -0.2) is 4.39 Å². The molecule has 0 aliphatic heterocycles. The molecule has 2 aromatic rings. The second-order valence-electron chi connectivity index (χ2n) is 4.26. The monoisotopic (exact) mass is 313 g/mol. The van der Waals surface area contributed by atoms with Crippen LogP contribution in [0.2, 0.25) is 10.0 Å². The van der Waals surface area contributed by atoms with Gasteiger partial charge in [-0.05, 0) is 35.9 Å². The largest absolute Gasteiger partial charge is 0.496 e. The maximum atomic E-state index is 13.2. The predicted octanol–water partition coefficient (Wildman–Crippen LogP) is 4.43. The van der Waals surface area contributed by atoms with Crippen LogP contribution in [0.15, 0.2) is 36.4 Å². The molecule has 2 nitrogen and oxygen atoms in total. The fraction of sp³-hybridized carbons (Fsp3) is 0.200. The number of hydrogen-bond donors (Lipinski definition) is 1. The first kappa shape index (κ1) is 15.1. The molecule has 0 amide bonds. The smallest absolute Gasteiger partial charge is 0.124 e. The van der Waals surface area contributed by atoms with E-state index in [1.54, 1.807) is 19.2 Å². The number of ether oxygens (including phenoxy) is 1. The molecule has 0 aromatic heterocycles. The molecular weight excluding hydrogens is 300 g/mol. The van der Waals surface area contributed by atoms with Gasteiger partial charge in [-0.15, -0.1) is 0 Å². The molecule has 0 heterocycles. The van der Waals surface area contributed by atoms with Gasteiger partial charge in [0.25, 0.3) is 0 Å². The maximum absolute atomic E-state index is 13.2. The van der Waals surface area contributed by atoms with Gasteiger partial charge in [0.2, 0.25) is 0 Å². The molecule has 0 saturated carbocycles. The highest BCUT2D eigenvalue weighted by atomic mass is 35.5. The van der Waals surface area contributed by atoms with Crippen LogP contribution in [0.5, 0.6) is 5.75 Å². The van der Waals surface area contributed by atoms with Crippen LogP contribution in [0.25, 0.3) is 0 Å². The second-order valence-corrected chi connectivity index (χ2v) is 5.07. The zero-order valence-corrected chi connectivity index (χ0v) is 12.4. The van der Waals surface area contributed by atoms with Crippen molar-refractivity contribution in [1.82, 2.24) is 5.32 Å². The van der Waals surface area contributed by atoms with Gasteiger partial charge in [-0.1, -0.05) is 29.3 Å². The topological polar surface area (TPSA) is 21.3 Å². The van der Waals surface area contributed by atoms with Crippen LogP contribution in [0.1, 0.15) is 11.1 Å². The van der Waals surface area contributed by atoms with Gasteiger partial charge in [0.05, 0.1) is 7.11 Å². The van der Waals surface area contributed by atoms with Crippen molar-refractivity contribution >= 4 is 23.2 Å². The lowest BCUT2D eigenvalue weighted by atomic mass is 10.1. The third-order valence-corrected chi connectivity index (χ3v) is 3.64. The highest BCUT2D eigenvalue weighted by molar-refractivity contribution is 6.31. The summed E-state index contributed by atoms with van der Waals surface area (Å²) in [5, 5.41) is 4.35. The summed E-state index contributed by atoms with van der Waals surface area (Å²) in [4.78, 5) is 0. The standard InChI is InChI=1S/C15H14Cl2FNO/c1-20-15-4-2-3-14(17)12(15)9-19-8-10-7-11(18)5-6-13(10)16/h2-7,19H,8-9H2,1H3. The van der Waals surface area contributed by atoms with Gasteiger partial charge < -0.3 is 10.1 Å². The molecule has 0 saturated heterocycles. The Hall–Kier alpha value is -1.29. The third kappa shape index (κ3) is 3.63. The van der Waals surface area contributed by atoms with Crippen molar-refractivity contribution in [3.8, 4) is 5.75 Å². The lowest BCUT2D eigenvalue weighted by Gasteiger charge is -2.12. The first-order valence-electron chi connectivity index (χ1n) is 6.08. The van der Waals surface area contributed by atoms with E-state index < -0.39 is 0 Å². The average molecular weight is 314 g/mol. The average Bonchev–Trinajstić information content (AvgIpc) is 2.44. The molecule has 0 aliphatic carbocycles. The molecule has 20 heavy (non-hydrogen) atoms.